The molecular weight excluding hydrogens is 208 g/mol. The van der Waals surface area contributed by atoms with Gasteiger partial charge in [-0.1, -0.05) is 6.92 Å². The zero-order valence-corrected chi connectivity index (χ0v) is 10.1. The maximum Gasteiger partial charge on any atom is 0.326 e. The van der Waals surface area contributed by atoms with E-state index in [1.807, 2.05) is 0 Å². The fourth-order valence-corrected chi connectivity index (χ4v) is 1.56. The maximum atomic E-state index is 11.6. The number of carboxylic acids is 1. The summed E-state index contributed by atoms with van der Waals surface area (Å²) in [5.74, 6) is -0.991. The summed E-state index contributed by atoms with van der Waals surface area (Å²) in [6.45, 7) is 4.26. The molecule has 0 saturated heterocycles. The molecule has 0 heterocycles. The van der Waals surface area contributed by atoms with Gasteiger partial charge in [0.05, 0.1) is 0 Å². The zero-order valence-electron chi connectivity index (χ0n) is 10.1. The largest absolute Gasteiger partial charge is 0.480 e. The number of nitrogens with one attached hydrogen (secondary N) is 1. The second-order valence-corrected chi connectivity index (χ2v) is 4.64. The Morgan fingerprint density at radius 3 is 2.44 bits per heavy atom. The first-order valence-electron chi connectivity index (χ1n) is 5.65. The van der Waals surface area contributed by atoms with Crippen LogP contribution in [-0.2, 0) is 4.79 Å². The van der Waals surface area contributed by atoms with Crippen molar-refractivity contribution in [1.82, 2.24) is 10.2 Å². The summed E-state index contributed by atoms with van der Waals surface area (Å²) in [7, 11) is 1.50. The topological polar surface area (TPSA) is 69.6 Å². The average molecular weight is 228 g/mol. The summed E-state index contributed by atoms with van der Waals surface area (Å²) in [6.07, 6.45) is 3.37. The van der Waals surface area contributed by atoms with Crippen molar-refractivity contribution < 1.29 is 14.7 Å². The van der Waals surface area contributed by atoms with Crippen molar-refractivity contribution in [3.05, 3.63) is 0 Å². The minimum atomic E-state index is -0.991. The van der Waals surface area contributed by atoms with Crippen LogP contribution in [-0.4, -0.2) is 41.6 Å². The van der Waals surface area contributed by atoms with Gasteiger partial charge < -0.3 is 15.3 Å². The van der Waals surface area contributed by atoms with Crippen molar-refractivity contribution in [3.63, 3.8) is 0 Å². The molecule has 0 bridgehead atoms. The van der Waals surface area contributed by atoms with E-state index in [4.69, 9.17) is 5.11 Å². The number of nitrogens with zero attached hydrogens (tertiary/aromatic N) is 1. The predicted octanol–water partition coefficient (Wildman–Crippen LogP) is 1.29. The Kier molecular flexibility index (Phi) is 3.78. The van der Waals surface area contributed by atoms with Crippen molar-refractivity contribution in [2.45, 2.75) is 39.2 Å². The molecule has 1 atom stereocenters. The highest BCUT2D eigenvalue weighted by Crippen LogP contribution is 2.47. The minimum Gasteiger partial charge on any atom is -0.480 e. The SMILES string of the molecule is CCC1(CNC(=O)N(C)C(C)C(=O)O)CC1. The fraction of sp³-hybridized carbons (Fsp3) is 0.818. The molecule has 92 valence electrons. The number of likely N-dealkylation sites (N-methyl/N-ethyl adjacent to an activating group) is 1. The summed E-state index contributed by atoms with van der Waals surface area (Å²) in [5, 5.41) is 11.6. The minimum absolute atomic E-state index is 0.281. The molecule has 5 nitrogen and oxygen atoms in total. The Morgan fingerprint density at radius 2 is 2.06 bits per heavy atom. The molecule has 1 aliphatic carbocycles. The van der Waals surface area contributed by atoms with Crippen LogP contribution in [0.15, 0.2) is 0 Å². The number of amides is 2. The third-order valence-corrected chi connectivity index (χ3v) is 3.58. The van der Waals surface area contributed by atoms with Crippen LogP contribution in [0.4, 0.5) is 4.79 Å². The summed E-state index contributed by atoms with van der Waals surface area (Å²) >= 11 is 0. The Balaban J connectivity index is 2.37. The van der Waals surface area contributed by atoms with Crippen molar-refractivity contribution in [2.75, 3.05) is 13.6 Å². The van der Waals surface area contributed by atoms with Crippen LogP contribution in [0.5, 0.6) is 0 Å². The quantitative estimate of drug-likeness (QED) is 0.745. The third-order valence-electron chi connectivity index (χ3n) is 3.58. The lowest BCUT2D eigenvalue weighted by Gasteiger charge is -2.23. The Labute approximate surface area is 95.8 Å². The molecular formula is C11H20N2O3. The normalized spacial score (nSPS) is 18.7. The van der Waals surface area contributed by atoms with E-state index in [1.165, 1.54) is 18.9 Å². The lowest BCUT2D eigenvalue weighted by atomic mass is 10.0. The van der Waals surface area contributed by atoms with E-state index in [0.717, 1.165) is 19.3 Å². The second kappa shape index (κ2) is 4.72. The monoisotopic (exact) mass is 228 g/mol. The van der Waals surface area contributed by atoms with Gasteiger partial charge in [0, 0.05) is 13.6 Å². The van der Waals surface area contributed by atoms with Crippen molar-refractivity contribution in [1.29, 1.82) is 0 Å². The molecule has 5 heteroatoms. The number of hydrogen-bond donors (Lipinski definition) is 2. The predicted molar refractivity (Wildman–Crippen MR) is 60.2 cm³/mol. The number of rotatable bonds is 5. The van der Waals surface area contributed by atoms with Gasteiger partial charge in [-0.25, -0.2) is 9.59 Å². The highest BCUT2D eigenvalue weighted by Gasteiger charge is 2.41. The van der Waals surface area contributed by atoms with Crippen molar-refractivity contribution in [3.8, 4) is 0 Å². The molecule has 0 aromatic carbocycles. The summed E-state index contributed by atoms with van der Waals surface area (Å²) in [6, 6.07) is -1.11. The van der Waals surface area contributed by atoms with Gasteiger partial charge in [-0.15, -0.1) is 0 Å². The number of urea groups is 1. The molecule has 0 aliphatic heterocycles. The standard InChI is InChI=1S/C11H20N2O3/c1-4-11(5-6-11)7-12-10(16)13(3)8(2)9(14)15/h8H,4-7H2,1-3H3,(H,12,16)(H,14,15). The van der Waals surface area contributed by atoms with Crippen molar-refractivity contribution in [2.24, 2.45) is 5.41 Å². The van der Waals surface area contributed by atoms with Crippen LogP contribution in [0.3, 0.4) is 0 Å². The molecule has 16 heavy (non-hydrogen) atoms. The lowest BCUT2D eigenvalue weighted by Crippen LogP contribution is -2.47. The number of hydrogen-bond acceptors (Lipinski definition) is 2. The molecule has 1 rings (SSSR count). The van der Waals surface area contributed by atoms with Gasteiger partial charge >= 0.3 is 12.0 Å². The van der Waals surface area contributed by atoms with E-state index in [0.29, 0.717) is 6.54 Å². The van der Waals surface area contributed by atoms with Crippen LogP contribution in [0.1, 0.15) is 33.1 Å². The van der Waals surface area contributed by atoms with E-state index in [-0.39, 0.29) is 11.4 Å². The molecule has 1 aliphatic rings. The molecule has 0 spiro atoms. The first-order valence-corrected chi connectivity index (χ1v) is 5.65. The Morgan fingerprint density at radius 1 is 1.50 bits per heavy atom. The van der Waals surface area contributed by atoms with E-state index < -0.39 is 12.0 Å². The van der Waals surface area contributed by atoms with Gasteiger partial charge in [-0.2, -0.15) is 0 Å². The molecule has 1 saturated carbocycles. The van der Waals surface area contributed by atoms with Crippen LogP contribution in [0.2, 0.25) is 0 Å². The highest BCUT2D eigenvalue weighted by atomic mass is 16.4. The Bertz CT molecular complexity index is 287. The van der Waals surface area contributed by atoms with Gasteiger partial charge in [0.1, 0.15) is 6.04 Å². The van der Waals surface area contributed by atoms with E-state index in [9.17, 15) is 9.59 Å². The smallest absolute Gasteiger partial charge is 0.326 e. The van der Waals surface area contributed by atoms with Gasteiger partial charge in [-0.05, 0) is 31.6 Å². The lowest BCUT2D eigenvalue weighted by molar-refractivity contribution is -0.141. The van der Waals surface area contributed by atoms with Gasteiger partial charge in [-0.3, -0.25) is 0 Å². The van der Waals surface area contributed by atoms with Crippen LogP contribution in [0.25, 0.3) is 0 Å². The molecule has 2 amide bonds. The average Bonchev–Trinajstić information content (AvgIpc) is 3.04. The number of carbonyl (C=O) groups excluding carboxylic acids is 1. The fourth-order valence-electron chi connectivity index (χ4n) is 1.56. The zero-order chi connectivity index (χ0) is 12.3. The molecule has 2 N–H and O–H groups in total. The second-order valence-electron chi connectivity index (χ2n) is 4.64. The first-order chi connectivity index (χ1) is 7.42. The van der Waals surface area contributed by atoms with E-state index >= 15 is 0 Å². The summed E-state index contributed by atoms with van der Waals surface area (Å²) in [4.78, 5) is 23.5. The number of aliphatic carboxylic acids is 1. The van der Waals surface area contributed by atoms with Crippen molar-refractivity contribution >= 4 is 12.0 Å². The van der Waals surface area contributed by atoms with Crippen LogP contribution >= 0.6 is 0 Å². The van der Waals surface area contributed by atoms with Crippen LogP contribution < -0.4 is 5.32 Å². The Hall–Kier alpha value is -1.26. The third kappa shape index (κ3) is 2.87. The van der Waals surface area contributed by atoms with Gasteiger partial charge in [0.25, 0.3) is 0 Å². The van der Waals surface area contributed by atoms with Gasteiger partial charge in [0.15, 0.2) is 0 Å². The van der Waals surface area contributed by atoms with E-state index in [2.05, 4.69) is 12.2 Å². The molecule has 0 aromatic rings. The summed E-state index contributed by atoms with van der Waals surface area (Å²) < 4.78 is 0. The van der Waals surface area contributed by atoms with E-state index in [1.54, 1.807) is 0 Å². The number of carbonyl (C=O) groups is 2. The molecule has 0 aromatic heterocycles. The van der Waals surface area contributed by atoms with Gasteiger partial charge in [0.2, 0.25) is 0 Å². The molecule has 0 radical (unpaired) electrons. The number of carboxylic acid groups (broad SMARTS) is 1. The van der Waals surface area contributed by atoms with Crippen LogP contribution in [0, 0.1) is 5.41 Å². The highest BCUT2D eigenvalue weighted by molar-refractivity contribution is 5.82. The molecule has 1 fully saturated rings. The molecule has 1 unspecified atom stereocenters. The maximum absolute atomic E-state index is 11.6. The summed E-state index contributed by atoms with van der Waals surface area (Å²) in [5.41, 5.74) is 0.281. The first kappa shape index (κ1) is 12.8.